The topological polar surface area (TPSA) is 13.1 Å². The normalized spacial score (nSPS) is 13.4. The van der Waals surface area contributed by atoms with Crippen molar-refractivity contribution in [1.82, 2.24) is 0 Å². The highest BCUT2D eigenvalue weighted by molar-refractivity contribution is 6.22. The lowest BCUT2D eigenvalue weighted by atomic mass is 9.86. The van der Waals surface area contributed by atoms with Crippen molar-refractivity contribution in [3.05, 3.63) is 145 Å². The molecule has 1 nitrogen and oxygen atoms in total. The van der Waals surface area contributed by atoms with Gasteiger partial charge in [0.2, 0.25) is 0 Å². The molecule has 0 atom stereocenters. The van der Waals surface area contributed by atoms with Crippen molar-refractivity contribution in [2.45, 2.75) is 0 Å². The fourth-order valence-corrected chi connectivity index (χ4v) is 5.83. The number of benzene rings is 7. The maximum atomic E-state index is 8.78. The number of rotatable bonds is 3. The molecule has 0 fully saturated rings. The second-order valence-electron chi connectivity index (χ2n) is 9.73. The summed E-state index contributed by atoms with van der Waals surface area (Å²) in [4.78, 5) is 0. The van der Waals surface area contributed by atoms with Gasteiger partial charge in [0.15, 0.2) is 0 Å². The van der Waals surface area contributed by atoms with E-state index in [1.807, 2.05) is 72.8 Å². The Morgan fingerprint density at radius 3 is 1.64 bits per heavy atom. The Kier molecular flexibility index (Phi) is 3.89. The van der Waals surface area contributed by atoms with Crippen LogP contribution in [0.4, 0.5) is 0 Å². The zero-order valence-corrected chi connectivity index (χ0v) is 20.9. The highest BCUT2D eigenvalue weighted by Crippen LogP contribution is 2.44. The van der Waals surface area contributed by atoms with Gasteiger partial charge < -0.3 is 4.42 Å². The number of hydrogen-bond acceptors (Lipinski definition) is 1. The molecule has 0 amide bonds. The zero-order chi connectivity index (χ0) is 30.1. The lowest BCUT2D eigenvalue weighted by Crippen LogP contribution is -1.90. The average Bonchev–Trinajstić information content (AvgIpc) is 3.44. The molecular weight excluding hydrogens is 472 g/mol. The molecule has 0 aliphatic heterocycles. The van der Waals surface area contributed by atoms with Gasteiger partial charge in [0.1, 0.15) is 11.2 Å². The molecule has 0 aliphatic rings. The smallest absolute Gasteiger partial charge is 0.136 e. The molecule has 0 bridgehead atoms. The molecule has 0 saturated carbocycles. The Balaban J connectivity index is 1.42. The van der Waals surface area contributed by atoms with Gasteiger partial charge >= 0.3 is 0 Å². The summed E-state index contributed by atoms with van der Waals surface area (Å²) in [6.45, 7) is 0. The molecule has 8 aromatic rings. The van der Waals surface area contributed by atoms with Crippen LogP contribution in [0.5, 0.6) is 0 Å². The Morgan fingerprint density at radius 2 is 0.974 bits per heavy atom. The first-order valence-corrected chi connectivity index (χ1v) is 12.9. The van der Waals surface area contributed by atoms with E-state index in [0.29, 0.717) is 5.56 Å². The van der Waals surface area contributed by atoms with Gasteiger partial charge in [-0.15, -0.1) is 0 Å². The minimum absolute atomic E-state index is 0.208. The molecule has 0 saturated heterocycles. The summed E-state index contributed by atoms with van der Waals surface area (Å²) in [5.74, 6) is 0. The van der Waals surface area contributed by atoms with Crippen LogP contribution in [0.1, 0.15) is 6.85 Å². The molecule has 1 heterocycles. The summed E-state index contributed by atoms with van der Waals surface area (Å²) in [7, 11) is 0. The van der Waals surface area contributed by atoms with Crippen molar-refractivity contribution in [1.29, 1.82) is 0 Å². The van der Waals surface area contributed by atoms with Gasteiger partial charge in [0, 0.05) is 10.8 Å². The molecule has 0 unspecified atom stereocenters. The first-order chi connectivity index (χ1) is 21.4. The molecule has 39 heavy (non-hydrogen) atoms. The highest BCUT2D eigenvalue weighted by atomic mass is 16.3. The Bertz CT molecular complexity index is 2360. The van der Waals surface area contributed by atoms with Crippen LogP contribution >= 0.6 is 0 Å². The van der Waals surface area contributed by atoms with Gasteiger partial charge in [-0.3, -0.25) is 0 Å². The summed E-state index contributed by atoms with van der Waals surface area (Å²) >= 11 is 0. The maximum absolute atomic E-state index is 8.78. The molecular formula is C38H24O. The van der Waals surface area contributed by atoms with Crippen molar-refractivity contribution in [3.63, 3.8) is 0 Å². The molecule has 0 spiro atoms. The summed E-state index contributed by atoms with van der Waals surface area (Å²) in [6.07, 6.45) is 0. The minimum atomic E-state index is -0.398. The van der Waals surface area contributed by atoms with E-state index in [1.54, 1.807) is 0 Å². The van der Waals surface area contributed by atoms with E-state index < -0.39 is 6.04 Å². The van der Waals surface area contributed by atoms with E-state index in [2.05, 4.69) is 42.5 Å². The van der Waals surface area contributed by atoms with Crippen LogP contribution in [0.15, 0.2) is 150 Å². The predicted octanol–water partition coefficient (Wildman–Crippen LogP) is 10.9. The third kappa shape index (κ3) is 3.48. The van der Waals surface area contributed by atoms with Gasteiger partial charge in [-0.05, 0) is 79.2 Å². The first-order valence-electron chi connectivity index (χ1n) is 15.4. The van der Waals surface area contributed by atoms with Crippen LogP contribution in [-0.2, 0) is 0 Å². The monoisotopic (exact) mass is 501 g/mol. The fraction of sp³-hybridized carbons (Fsp3) is 0. The second-order valence-corrected chi connectivity index (χ2v) is 9.73. The minimum Gasteiger partial charge on any atom is -0.456 e. The van der Waals surface area contributed by atoms with E-state index in [4.69, 9.17) is 11.3 Å². The molecule has 182 valence electrons. The first kappa shape index (κ1) is 17.4. The van der Waals surface area contributed by atoms with E-state index in [9.17, 15) is 0 Å². The SMILES string of the molecule is [2H]c1c([2H])c([2H])c(-c2c3ccccc3c(-c3ccc4oc5cc(-c6ccccc6)ccc5c4c3)c3ccccc23)c([2H])c1[2H]. The lowest BCUT2D eigenvalue weighted by Gasteiger charge is -2.17. The van der Waals surface area contributed by atoms with E-state index in [0.717, 1.165) is 65.7 Å². The number of hydrogen-bond donors (Lipinski definition) is 0. The van der Waals surface area contributed by atoms with Crippen LogP contribution in [0, 0.1) is 0 Å². The van der Waals surface area contributed by atoms with Gasteiger partial charge in [-0.2, -0.15) is 0 Å². The summed E-state index contributed by atoms with van der Waals surface area (Å²) in [5, 5.41) is 5.57. The van der Waals surface area contributed by atoms with Crippen molar-refractivity contribution in [2.24, 2.45) is 0 Å². The van der Waals surface area contributed by atoms with E-state index in [-0.39, 0.29) is 29.7 Å². The third-order valence-corrected chi connectivity index (χ3v) is 7.55. The van der Waals surface area contributed by atoms with Gasteiger partial charge in [0.05, 0.1) is 6.85 Å². The molecule has 8 rings (SSSR count). The second kappa shape index (κ2) is 8.72. The van der Waals surface area contributed by atoms with Crippen LogP contribution in [0.2, 0.25) is 0 Å². The molecule has 0 N–H and O–H groups in total. The van der Waals surface area contributed by atoms with Crippen molar-refractivity contribution >= 4 is 43.5 Å². The van der Waals surface area contributed by atoms with Crippen molar-refractivity contribution in [2.75, 3.05) is 0 Å². The van der Waals surface area contributed by atoms with Crippen molar-refractivity contribution < 1.29 is 11.3 Å². The lowest BCUT2D eigenvalue weighted by molar-refractivity contribution is 0.669. The fourth-order valence-electron chi connectivity index (χ4n) is 5.83. The summed E-state index contributed by atoms with van der Waals surface area (Å²) < 4.78 is 48.7. The van der Waals surface area contributed by atoms with E-state index in [1.165, 1.54) is 0 Å². The van der Waals surface area contributed by atoms with Gasteiger partial charge in [0.25, 0.3) is 0 Å². The third-order valence-electron chi connectivity index (χ3n) is 7.55. The Morgan fingerprint density at radius 1 is 0.385 bits per heavy atom. The summed E-state index contributed by atoms with van der Waals surface area (Å²) in [6, 6.07) is 37.2. The number of furan rings is 1. The van der Waals surface area contributed by atoms with Gasteiger partial charge in [-0.25, -0.2) is 0 Å². The number of fused-ring (bicyclic) bond motifs is 5. The largest absolute Gasteiger partial charge is 0.456 e. The molecule has 1 aromatic heterocycles. The molecule has 0 aliphatic carbocycles. The van der Waals surface area contributed by atoms with Crippen LogP contribution in [0.3, 0.4) is 0 Å². The van der Waals surface area contributed by atoms with Crippen LogP contribution in [-0.4, -0.2) is 0 Å². The summed E-state index contributed by atoms with van der Waals surface area (Å²) in [5.41, 5.74) is 6.73. The Labute approximate surface area is 233 Å². The quantitative estimate of drug-likeness (QED) is 0.219. The maximum Gasteiger partial charge on any atom is 0.136 e. The average molecular weight is 502 g/mol. The van der Waals surface area contributed by atoms with Crippen LogP contribution in [0.25, 0.3) is 76.9 Å². The Hall–Kier alpha value is -5.14. The van der Waals surface area contributed by atoms with Gasteiger partial charge in [-0.1, -0.05) is 121 Å². The standard InChI is InChI=1S/C38H24O/c1-3-11-25(12-4-1)27-19-21-29-34-23-28(20-22-35(34)39-36(29)24-27)38-32-17-9-7-15-30(32)37(26-13-5-2-6-14-26)31-16-8-10-18-33(31)38/h1-24H/i2D,5D,6D,13D,14D. The van der Waals surface area contributed by atoms with E-state index >= 15 is 0 Å². The highest BCUT2D eigenvalue weighted by Gasteiger charge is 2.17. The van der Waals surface area contributed by atoms with Crippen LogP contribution < -0.4 is 0 Å². The van der Waals surface area contributed by atoms with Crippen molar-refractivity contribution in [3.8, 4) is 33.4 Å². The predicted molar refractivity (Wildman–Crippen MR) is 165 cm³/mol. The zero-order valence-electron chi connectivity index (χ0n) is 25.9. The molecule has 7 aromatic carbocycles. The molecule has 1 heteroatoms. The molecule has 0 radical (unpaired) electrons.